The fourth-order valence-corrected chi connectivity index (χ4v) is 1.40. The molecule has 0 spiro atoms. The third-order valence-corrected chi connectivity index (χ3v) is 2.07. The topological polar surface area (TPSA) is 58.4 Å². The minimum Gasteiger partial charge on any atom is -0.480 e. The Kier molecular flexibility index (Phi) is 4.77. The van der Waals surface area contributed by atoms with Crippen molar-refractivity contribution in [3.63, 3.8) is 0 Å². The zero-order valence-electron chi connectivity index (χ0n) is 9.09. The van der Waals surface area contributed by atoms with E-state index in [2.05, 4.69) is 11.6 Å². The molecule has 0 aromatic carbocycles. The molecule has 0 aliphatic rings. The van der Waals surface area contributed by atoms with E-state index in [1.165, 1.54) is 17.2 Å². The number of alkyl halides is 2. The number of carboxylic acid groups (broad SMARTS) is 1. The number of carboxylic acids is 1. The van der Waals surface area contributed by atoms with Crippen LogP contribution in [0.3, 0.4) is 0 Å². The number of aromatic nitrogens is 2. The number of imidazole rings is 1. The van der Waals surface area contributed by atoms with Crippen LogP contribution in [0.4, 0.5) is 8.78 Å². The molecule has 0 amide bonds. The first-order chi connectivity index (χ1) is 8.04. The first kappa shape index (κ1) is 13.3. The summed E-state index contributed by atoms with van der Waals surface area (Å²) >= 11 is 0. The number of halogens is 2. The van der Waals surface area contributed by atoms with Crippen LogP contribution < -0.4 is 0 Å². The van der Waals surface area contributed by atoms with E-state index in [1.54, 1.807) is 0 Å². The third kappa shape index (κ3) is 3.95. The summed E-state index contributed by atoms with van der Waals surface area (Å²) in [5, 5.41) is 8.67. The molecule has 0 atom stereocenters. The van der Waals surface area contributed by atoms with Crippen molar-refractivity contribution < 1.29 is 18.7 Å². The molecule has 0 fully saturated rings. The molecule has 7 heteroatoms. The molecule has 1 N–H and O–H groups in total. The molecule has 17 heavy (non-hydrogen) atoms. The summed E-state index contributed by atoms with van der Waals surface area (Å²) < 4.78 is 25.8. The van der Waals surface area contributed by atoms with Gasteiger partial charge in [-0.15, -0.1) is 6.58 Å². The van der Waals surface area contributed by atoms with E-state index >= 15 is 0 Å². The molecule has 0 bridgehead atoms. The molecule has 0 saturated carbocycles. The van der Waals surface area contributed by atoms with E-state index in [0.717, 1.165) is 6.20 Å². The summed E-state index contributed by atoms with van der Waals surface area (Å²) in [7, 11) is 0. The van der Waals surface area contributed by atoms with Gasteiger partial charge < -0.3 is 5.11 Å². The fourth-order valence-electron chi connectivity index (χ4n) is 1.40. The molecule has 1 aromatic rings. The molecule has 1 heterocycles. The van der Waals surface area contributed by atoms with E-state index in [9.17, 15) is 13.6 Å². The predicted octanol–water partition coefficient (Wildman–Crippen LogP) is 1.35. The van der Waals surface area contributed by atoms with Crippen molar-refractivity contribution in [3.05, 3.63) is 30.9 Å². The smallest absolute Gasteiger partial charge is 0.319 e. The van der Waals surface area contributed by atoms with E-state index in [0.29, 0.717) is 11.1 Å². The normalized spacial score (nSPS) is 11.1. The lowest BCUT2D eigenvalue weighted by Gasteiger charge is -2.18. The van der Waals surface area contributed by atoms with Crippen LogP contribution in [0.15, 0.2) is 25.0 Å². The predicted molar refractivity (Wildman–Crippen MR) is 56.6 cm³/mol. The van der Waals surface area contributed by atoms with Crippen LogP contribution in [0.25, 0.3) is 0 Å². The summed E-state index contributed by atoms with van der Waals surface area (Å²) in [6.07, 6.45) is 3.93. The zero-order valence-corrected chi connectivity index (χ0v) is 9.09. The van der Waals surface area contributed by atoms with Crippen LogP contribution in [0.1, 0.15) is 12.4 Å². The zero-order chi connectivity index (χ0) is 12.8. The van der Waals surface area contributed by atoms with Gasteiger partial charge >= 0.3 is 12.5 Å². The fraction of sp³-hybridized carbons (Fsp3) is 0.400. The largest absolute Gasteiger partial charge is 0.480 e. The molecule has 94 valence electrons. The monoisotopic (exact) mass is 245 g/mol. The molecule has 0 aliphatic heterocycles. The molecule has 0 radical (unpaired) electrons. The molecule has 5 nitrogen and oxygen atoms in total. The minimum atomic E-state index is -2.68. The highest BCUT2D eigenvalue weighted by Gasteiger charge is 2.15. The van der Waals surface area contributed by atoms with Crippen molar-refractivity contribution in [2.75, 3.05) is 13.1 Å². The lowest BCUT2D eigenvalue weighted by atomic mass is 10.4. The van der Waals surface area contributed by atoms with Crippen molar-refractivity contribution in [1.82, 2.24) is 14.5 Å². The van der Waals surface area contributed by atoms with Crippen molar-refractivity contribution in [1.29, 1.82) is 0 Å². The number of carbonyl (C=O) groups is 1. The van der Waals surface area contributed by atoms with E-state index < -0.39 is 12.5 Å². The Labute approximate surface area is 97.0 Å². The number of nitrogens with zero attached hydrogens (tertiary/aromatic N) is 3. The maximum absolute atomic E-state index is 12.5. The highest BCUT2D eigenvalue weighted by molar-refractivity contribution is 5.69. The molecule has 0 aliphatic carbocycles. The summed E-state index contributed by atoms with van der Waals surface area (Å²) in [4.78, 5) is 15.8. The average molecular weight is 245 g/mol. The second-order valence-corrected chi connectivity index (χ2v) is 3.38. The lowest BCUT2D eigenvalue weighted by molar-refractivity contribution is -0.138. The van der Waals surface area contributed by atoms with Gasteiger partial charge in [-0.3, -0.25) is 14.3 Å². The Morgan fingerprint density at radius 2 is 2.41 bits per heavy atom. The molecule has 0 unspecified atom stereocenters. The first-order valence-corrected chi connectivity index (χ1v) is 4.89. The SMILES string of the molecule is C=CCN(CC(=O)O)Cc1nccn1C(F)F. The van der Waals surface area contributed by atoms with Crippen LogP contribution in [-0.4, -0.2) is 38.6 Å². The minimum absolute atomic E-state index is 0.0374. The number of hydrogen-bond donors (Lipinski definition) is 1. The quantitative estimate of drug-likeness (QED) is 0.737. The second-order valence-electron chi connectivity index (χ2n) is 3.38. The number of rotatable bonds is 7. The van der Waals surface area contributed by atoms with Gasteiger partial charge in [0, 0.05) is 18.9 Å². The van der Waals surface area contributed by atoms with Crippen LogP contribution in [-0.2, 0) is 11.3 Å². The van der Waals surface area contributed by atoms with Crippen molar-refractivity contribution >= 4 is 5.97 Å². The van der Waals surface area contributed by atoms with Crippen LogP contribution >= 0.6 is 0 Å². The van der Waals surface area contributed by atoms with Crippen LogP contribution in [0.5, 0.6) is 0 Å². The summed E-state index contributed by atoms with van der Waals surface area (Å²) in [6, 6.07) is 0. The standard InChI is InChI=1S/C10H13F2N3O2/c1-2-4-14(7-9(16)17)6-8-13-3-5-15(8)10(11)12/h2-3,5,10H,1,4,6-7H2,(H,16,17). The highest BCUT2D eigenvalue weighted by atomic mass is 19.3. The van der Waals surface area contributed by atoms with Crippen LogP contribution in [0, 0.1) is 0 Å². The second kappa shape index (κ2) is 6.09. The van der Waals surface area contributed by atoms with Gasteiger partial charge in [-0.25, -0.2) is 4.98 Å². The summed E-state index contributed by atoms with van der Waals surface area (Å²) in [5.41, 5.74) is 0. The van der Waals surface area contributed by atoms with Gasteiger partial charge in [0.25, 0.3) is 0 Å². The highest BCUT2D eigenvalue weighted by Crippen LogP contribution is 2.13. The third-order valence-electron chi connectivity index (χ3n) is 2.07. The summed E-state index contributed by atoms with van der Waals surface area (Å²) in [5.74, 6) is -0.898. The molecule has 1 rings (SSSR count). The van der Waals surface area contributed by atoms with Gasteiger partial charge in [-0.2, -0.15) is 8.78 Å². The Hall–Kier alpha value is -1.76. The van der Waals surface area contributed by atoms with Gasteiger partial charge in [0.15, 0.2) is 0 Å². The van der Waals surface area contributed by atoms with Gasteiger partial charge in [0.1, 0.15) is 5.82 Å². The van der Waals surface area contributed by atoms with E-state index in [1.807, 2.05) is 0 Å². The maximum atomic E-state index is 12.5. The van der Waals surface area contributed by atoms with E-state index in [-0.39, 0.29) is 18.9 Å². The van der Waals surface area contributed by atoms with Crippen molar-refractivity contribution in [2.24, 2.45) is 0 Å². The number of hydrogen-bond acceptors (Lipinski definition) is 3. The van der Waals surface area contributed by atoms with E-state index in [4.69, 9.17) is 5.11 Å². The Morgan fingerprint density at radius 3 is 2.94 bits per heavy atom. The Morgan fingerprint density at radius 1 is 1.71 bits per heavy atom. The van der Waals surface area contributed by atoms with Gasteiger partial charge in [-0.1, -0.05) is 6.08 Å². The maximum Gasteiger partial charge on any atom is 0.319 e. The molecule has 1 aromatic heterocycles. The van der Waals surface area contributed by atoms with Gasteiger partial charge in [0.05, 0.1) is 13.1 Å². The molecular weight excluding hydrogens is 232 g/mol. The average Bonchev–Trinajstić information content (AvgIpc) is 2.65. The molecule has 0 saturated heterocycles. The Balaban J connectivity index is 2.74. The first-order valence-electron chi connectivity index (χ1n) is 4.89. The molecular formula is C10H13F2N3O2. The van der Waals surface area contributed by atoms with Gasteiger partial charge in [0.2, 0.25) is 0 Å². The lowest BCUT2D eigenvalue weighted by Crippen LogP contribution is -2.30. The van der Waals surface area contributed by atoms with Crippen molar-refractivity contribution in [3.8, 4) is 0 Å². The summed E-state index contributed by atoms with van der Waals surface area (Å²) in [6.45, 7) is 0.890. The van der Waals surface area contributed by atoms with Crippen molar-refractivity contribution in [2.45, 2.75) is 13.1 Å². The Bertz CT molecular complexity index is 393. The van der Waals surface area contributed by atoms with Crippen LogP contribution in [0.2, 0.25) is 0 Å². The van der Waals surface area contributed by atoms with Gasteiger partial charge in [-0.05, 0) is 0 Å². The number of aliphatic carboxylic acids is 1.